The highest BCUT2D eigenvalue weighted by atomic mass is 16.3. The van der Waals surface area contributed by atoms with Gasteiger partial charge in [-0.05, 0) is 30.7 Å². The summed E-state index contributed by atoms with van der Waals surface area (Å²) in [4.78, 5) is 0. The van der Waals surface area contributed by atoms with E-state index in [0.717, 1.165) is 12.3 Å². The lowest BCUT2D eigenvalue weighted by Gasteiger charge is -2.40. The van der Waals surface area contributed by atoms with Crippen molar-refractivity contribution >= 4 is 0 Å². The van der Waals surface area contributed by atoms with Crippen molar-refractivity contribution in [1.29, 1.82) is 0 Å². The highest BCUT2D eigenvalue weighted by molar-refractivity contribution is 5.22. The van der Waals surface area contributed by atoms with Gasteiger partial charge < -0.3 is 5.11 Å². The van der Waals surface area contributed by atoms with Gasteiger partial charge in [-0.15, -0.1) is 0 Å². The molecule has 2 saturated carbocycles. The lowest BCUT2D eigenvalue weighted by molar-refractivity contribution is -0.0974. The highest BCUT2D eigenvalue weighted by Crippen LogP contribution is 2.63. The third-order valence-electron chi connectivity index (χ3n) is 5.67. The van der Waals surface area contributed by atoms with E-state index in [1.807, 2.05) is 0 Å². The van der Waals surface area contributed by atoms with Gasteiger partial charge in [0.15, 0.2) is 5.60 Å². The molecule has 1 nitrogen and oxygen atoms in total. The summed E-state index contributed by atoms with van der Waals surface area (Å²) in [5, 5.41) is 9.01. The Kier molecular flexibility index (Phi) is 2.38. The molecule has 2 N–H and O–H groups in total. The molecule has 0 amide bonds. The largest absolute Gasteiger partial charge is 0.440 e. The van der Waals surface area contributed by atoms with Gasteiger partial charge in [0.25, 0.3) is 0 Å². The van der Waals surface area contributed by atoms with Gasteiger partial charge in [0.1, 0.15) is 0 Å². The van der Waals surface area contributed by atoms with Crippen LogP contribution < -0.4 is 0 Å². The van der Waals surface area contributed by atoms with Crippen LogP contribution >= 0.6 is 0 Å². The van der Waals surface area contributed by atoms with Crippen LogP contribution in [-0.4, -0.2) is 10.7 Å². The first-order chi connectivity index (χ1) is 8.05. The van der Waals surface area contributed by atoms with E-state index in [1.165, 1.54) is 24.8 Å². The molecule has 0 aliphatic heterocycles. The van der Waals surface area contributed by atoms with Crippen molar-refractivity contribution in [1.82, 2.24) is 0 Å². The first-order valence-electron chi connectivity index (χ1n) is 6.84. The molecule has 4 atom stereocenters. The maximum atomic E-state index is 9.01. The van der Waals surface area contributed by atoms with Gasteiger partial charge in [0, 0.05) is 17.8 Å². The molecule has 1 aromatic carbocycles. The summed E-state index contributed by atoms with van der Waals surface area (Å²) < 4.78 is 0. The maximum Gasteiger partial charge on any atom is 0.175 e. The van der Waals surface area contributed by atoms with Crippen LogP contribution in [0.1, 0.15) is 38.7 Å². The lowest BCUT2D eigenvalue weighted by atomic mass is 9.65. The average molecular weight is 231 g/mol. The van der Waals surface area contributed by atoms with E-state index < -0.39 is 0 Å². The van der Waals surface area contributed by atoms with E-state index in [9.17, 15) is 0 Å². The van der Waals surface area contributed by atoms with E-state index in [2.05, 4.69) is 44.2 Å². The van der Waals surface area contributed by atoms with Crippen LogP contribution in [0.15, 0.2) is 30.3 Å². The number of fused-ring (bicyclic) bond motifs is 2. The predicted molar refractivity (Wildman–Crippen MR) is 71.1 cm³/mol. The van der Waals surface area contributed by atoms with E-state index in [-0.39, 0.29) is 11.0 Å². The van der Waals surface area contributed by atoms with Crippen LogP contribution in [0.2, 0.25) is 0 Å². The van der Waals surface area contributed by atoms with Crippen LogP contribution in [0, 0.1) is 17.3 Å². The second-order valence-corrected chi connectivity index (χ2v) is 6.49. The Bertz CT molecular complexity index is 413. The fourth-order valence-electron chi connectivity index (χ4n) is 4.36. The Morgan fingerprint density at radius 2 is 2.00 bits per heavy atom. The van der Waals surface area contributed by atoms with E-state index in [0.29, 0.717) is 5.92 Å². The fourth-order valence-corrected chi connectivity index (χ4v) is 4.36. The van der Waals surface area contributed by atoms with Crippen LogP contribution in [0.25, 0.3) is 0 Å². The summed E-state index contributed by atoms with van der Waals surface area (Å²) >= 11 is 0. The minimum Gasteiger partial charge on any atom is -0.440 e. The monoisotopic (exact) mass is 231 g/mol. The molecule has 0 aromatic heterocycles. The summed E-state index contributed by atoms with van der Waals surface area (Å²) in [5.74, 6) is 1.36. The van der Waals surface area contributed by atoms with Crippen molar-refractivity contribution in [3.8, 4) is 0 Å². The standard InChI is InChI=1S/C16H22O/c1-12-14-8-9-15(2,11-14)16(12,17)10-13-6-4-3-5-7-13/h3-7,12,14,17H,8-11H2,1-2H3/p+1. The molecule has 2 aliphatic carbocycles. The minimum atomic E-state index is -0.239. The van der Waals surface area contributed by atoms with Gasteiger partial charge >= 0.3 is 0 Å². The van der Waals surface area contributed by atoms with Gasteiger partial charge in [-0.3, -0.25) is 0 Å². The Morgan fingerprint density at radius 3 is 2.59 bits per heavy atom. The van der Waals surface area contributed by atoms with Crippen LogP contribution in [0.4, 0.5) is 0 Å². The van der Waals surface area contributed by atoms with E-state index >= 15 is 0 Å². The minimum absolute atomic E-state index is 0.239. The molecule has 3 rings (SSSR count). The molecule has 0 spiro atoms. The average Bonchev–Trinajstić information content (AvgIpc) is 2.79. The zero-order chi connectivity index (χ0) is 12.1. The Morgan fingerprint density at radius 1 is 1.29 bits per heavy atom. The molecule has 2 bridgehead atoms. The highest BCUT2D eigenvalue weighted by Gasteiger charge is 2.66. The first-order valence-corrected chi connectivity index (χ1v) is 6.84. The lowest BCUT2D eigenvalue weighted by Crippen LogP contribution is -2.49. The van der Waals surface area contributed by atoms with E-state index in [4.69, 9.17) is 5.11 Å². The molecule has 0 saturated heterocycles. The van der Waals surface area contributed by atoms with Gasteiger partial charge in [-0.1, -0.05) is 44.2 Å². The van der Waals surface area contributed by atoms with Crippen molar-refractivity contribution in [2.45, 2.75) is 45.1 Å². The van der Waals surface area contributed by atoms with E-state index in [1.54, 1.807) is 0 Å². The molecule has 2 aliphatic rings. The fraction of sp³-hybridized carbons (Fsp3) is 0.625. The van der Waals surface area contributed by atoms with Gasteiger partial charge in [0.05, 0.1) is 0 Å². The summed E-state index contributed by atoms with van der Waals surface area (Å²) in [7, 11) is 0. The normalized spacial score (nSPS) is 44.2. The van der Waals surface area contributed by atoms with Crippen molar-refractivity contribution in [3.63, 3.8) is 0 Å². The Balaban J connectivity index is 1.91. The quantitative estimate of drug-likeness (QED) is 0.698. The molecule has 0 radical (unpaired) electrons. The summed E-state index contributed by atoms with van der Waals surface area (Å²) in [5.41, 5.74) is 1.35. The second kappa shape index (κ2) is 3.58. The molecule has 92 valence electrons. The molecule has 2 fully saturated rings. The maximum absolute atomic E-state index is 9.01. The first kappa shape index (κ1) is 11.3. The molecule has 1 aromatic rings. The SMILES string of the molecule is CC1C2CCC(C)(C2)C1([OH2+])Cc1ccccc1. The summed E-state index contributed by atoms with van der Waals surface area (Å²) in [6, 6.07) is 10.6. The molecule has 1 heteroatoms. The smallest absolute Gasteiger partial charge is 0.175 e. The number of hydrogen-bond acceptors (Lipinski definition) is 0. The number of benzene rings is 1. The van der Waals surface area contributed by atoms with Crippen LogP contribution in [-0.2, 0) is 6.42 Å². The second-order valence-electron chi connectivity index (χ2n) is 6.49. The van der Waals surface area contributed by atoms with Crippen molar-refractivity contribution in [2.75, 3.05) is 0 Å². The molecule has 0 heterocycles. The third kappa shape index (κ3) is 1.48. The van der Waals surface area contributed by atoms with Crippen molar-refractivity contribution in [3.05, 3.63) is 35.9 Å². The van der Waals surface area contributed by atoms with Gasteiger partial charge in [-0.2, -0.15) is 0 Å². The zero-order valence-corrected chi connectivity index (χ0v) is 10.9. The Labute approximate surface area is 104 Å². The van der Waals surface area contributed by atoms with Crippen LogP contribution in [0.5, 0.6) is 0 Å². The van der Waals surface area contributed by atoms with Crippen molar-refractivity contribution < 1.29 is 5.11 Å². The zero-order valence-electron chi connectivity index (χ0n) is 10.9. The number of hydrogen-bond donors (Lipinski definition) is 0. The molecular formula is C16H23O+. The van der Waals surface area contributed by atoms with Gasteiger partial charge in [-0.25, -0.2) is 0 Å². The Hall–Kier alpha value is -0.820. The van der Waals surface area contributed by atoms with Crippen molar-refractivity contribution in [2.24, 2.45) is 17.3 Å². The molecular weight excluding hydrogens is 208 g/mol. The van der Waals surface area contributed by atoms with Crippen LogP contribution in [0.3, 0.4) is 0 Å². The van der Waals surface area contributed by atoms with Gasteiger partial charge in [0.2, 0.25) is 0 Å². The number of rotatable bonds is 2. The predicted octanol–water partition coefficient (Wildman–Crippen LogP) is 3.15. The third-order valence-corrected chi connectivity index (χ3v) is 5.67. The molecule has 4 unspecified atom stereocenters. The topological polar surface area (TPSA) is 22.9 Å². The summed E-state index contributed by atoms with van der Waals surface area (Å²) in [6.07, 6.45) is 4.83. The molecule has 17 heavy (non-hydrogen) atoms. The summed E-state index contributed by atoms with van der Waals surface area (Å²) in [6.45, 7) is 4.66.